The van der Waals surface area contributed by atoms with Crippen LogP contribution >= 0.6 is 11.3 Å². The van der Waals surface area contributed by atoms with E-state index in [0.29, 0.717) is 11.5 Å². The highest BCUT2D eigenvalue weighted by Crippen LogP contribution is 2.18. The van der Waals surface area contributed by atoms with Crippen molar-refractivity contribution in [1.82, 2.24) is 0 Å². The van der Waals surface area contributed by atoms with Crippen LogP contribution in [0.4, 0.5) is 0 Å². The molecule has 1 aromatic heterocycles. The quantitative estimate of drug-likeness (QED) is 0.652. The molecular formula is C16H14O4S. The highest BCUT2D eigenvalue weighted by atomic mass is 32.1. The number of carbonyl (C=O) groups is 2. The van der Waals surface area contributed by atoms with Gasteiger partial charge >= 0.3 is 5.97 Å². The van der Waals surface area contributed by atoms with E-state index in [9.17, 15) is 9.59 Å². The van der Waals surface area contributed by atoms with Gasteiger partial charge in [-0.05, 0) is 42.8 Å². The Balaban J connectivity index is 2.05. The molecule has 1 aromatic carbocycles. The molecule has 0 radical (unpaired) electrons. The van der Waals surface area contributed by atoms with Crippen molar-refractivity contribution in [3.8, 4) is 5.75 Å². The molecule has 0 amide bonds. The fourth-order valence-corrected chi connectivity index (χ4v) is 2.45. The highest BCUT2D eigenvalue weighted by molar-refractivity contribution is 7.16. The van der Waals surface area contributed by atoms with Crippen molar-refractivity contribution >= 4 is 29.2 Å². The lowest BCUT2D eigenvalue weighted by molar-refractivity contribution is 0.0702. The summed E-state index contributed by atoms with van der Waals surface area (Å²) in [6, 6.07) is 10.3. The first kappa shape index (κ1) is 15.0. The van der Waals surface area contributed by atoms with E-state index in [0.717, 1.165) is 22.6 Å². The SMILES string of the molecule is CCOc1ccc(/C=C/C(=O)c2ccc(C(=O)O)s2)cc1. The zero-order valence-electron chi connectivity index (χ0n) is 11.4. The van der Waals surface area contributed by atoms with Crippen LogP contribution in [0, 0.1) is 0 Å². The maximum atomic E-state index is 11.9. The van der Waals surface area contributed by atoms with Crippen molar-refractivity contribution in [2.75, 3.05) is 6.61 Å². The Morgan fingerprint density at radius 3 is 2.38 bits per heavy atom. The number of allylic oxidation sites excluding steroid dienone is 1. The molecule has 0 spiro atoms. The van der Waals surface area contributed by atoms with E-state index in [4.69, 9.17) is 9.84 Å². The molecule has 0 fully saturated rings. The molecule has 1 heterocycles. The molecule has 5 heteroatoms. The second-order valence-electron chi connectivity index (χ2n) is 4.17. The topological polar surface area (TPSA) is 63.6 Å². The summed E-state index contributed by atoms with van der Waals surface area (Å²) in [4.78, 5) is 23.3. The van der Waals surface area contributed by atoms with E-state index >= 15 is 0 Å². The molecule has 2 aromatic rings. The molecule has 0 atom stereocenters. The van der Waals surface area contributed by atoms with E-state index in [1.165, 1.54) is 18.2 Å². The molecule has 108 valence electrons. The van der Waals surface area contributed by atoms with Crippen LogP contribution in [0.5, 0.6) is 5.75 Å². The van der Waals surface area contributed by atoms with Gasteiger partial charge in [0.05, 0.1) is 11.5 Å². The summed E-state index contributed by atoms with van der Waals surface area (Å²) in [5.41, 5.74) is 0.877. The van der Waals surface area contributed by atoms with Crippen molar-refractivity contribution in [1.29, 1.82) is 0 Å². The zero-order valence-corrected chi connectivity index (χ0v) is 12.2. The van der Waals surface area contributed by atoms with Crippen LogP contribution in [-0.4, -0.2) is 23.5 Å². The Kier molecular flexibility index (Phi) is 4.90. The standard InChI is InChI=1S/C16H14O4S/c1-2-20-12-6-3-11(4-7-12)5-8-13(17)14-9-10-15(21-14)16(18)19/h3-10H,2H2,1H3,(H,18,19)/b8-5+. The zero-order chi connectivity index (χ0) is 15.2. The second-order valence-corrected chi connectivity index (χ2v) is 5.25. The van der Waals surface area contributed by atoms with E-state index < -0.39 is 5.97 Å². The van der Waals surface area contributed by atoms with Crippen LogP contribution in [0.2, 0.25) is 0 Å². The predicted octanol–water partition coefficient (Wildman–Crippen LogP) is 3.74. The van der Waals surface area contributed by atoms with Crippen molar-refractivity contribution in [3.05, 3.63) is 57.8 Å². The van der Waals surface area contributed by atoms with Crippen LogP contribution in [0.3, 0.4) is 0 Å². The Hall–Kier alpha value is -2.40. The molecule has 0 saturated heterocycles. The van der Waals surface area contributed by atoms with Gasteiger partial charge in [0.15, 0.2) is 5.78 Å². The Bertz CT molecular complexity index is 668. The summed E-state index contributed by atoms with van der Waals surface area (Å²) in [6.45, 7) is 2.52. The van der Waals surface area contributed by atoms with Crippen molar-refractivity contribution < 1.29 is 19.4 Å². The largest absolute Gasteiger partial charge is 0.494 e. The lowest BCUT2D eigenvalue weighted by Crippen LogP contribution is -1.91. The Morgan fingerprint density at radius 2 is 1.81 bits per heavy atom. The Morgan fingerprint density at radius 1 is 1.14 bits per heavy atom. The van der Waals surface area contributed by atoms with E-state index in [1.54, 1.807) is 6.08 Å². The molecule has 0 saturated carbocycles. The van der Waals surface area contributed by atoms with Gasteiger partial charge in [0.25, 0.3) is 0 Å². The Labute approximate surface area is 126 Å². The first-order valence-corrected chi connectivity index (χ1v) is 7.20. The normalized spacial score (nSPS) is 10.7. The number of hydrogen-bond acceptors (Lipinski definition) is 4. The van der Waals surface area contributed by atoms with Crippen LogP contribution in [0.1, 0.15) is 31.8 Å². The maximum absolute atomic E-state index is 11.9. The maximum Gasteiger partial charge on any atom is 0.345 e. The minimum atomic E-state index is -1.02. The molecule has 2 rings (SSSR count). The van der Waals surface area contributed by atoms with Crippen molar-refractivity contribution in [2.45, 2.75) is 6.92 Å². The lowest BCUT2D eigenvalue weighted by atomic mass is 10.2. The third-order valence-electron chi connectivity index (χ3n) is 2.68. The van der Waals surface area contributed by atoms with Gasteiger partial charge in [0.1, 0.15) is 10.6 Å². The van der Waals surface area contributed by atoms with Gasteiger partial charge in [-0.2, -0.15) is 0 Å². The first-order valence-electron chi connectivity index (χ1n) is 6.38. The summed E-state index contributed by atoms with van der Waals surface area (Å²) < 4.78 is 5.34. The summed E-state index contributed by atoms with van der Waals surface area (Å²) in [7, 11) is 0. The number of ketones is 1. The third kappa shape index (κ3) is 4.03. The van der Waals surface area contributed by atoms with Gasteiger partial charge < -0.3 is 9.84 Å². The number of carboxylic acids is 1. The number of hydrogen-bond donors (Lipinski definition) is 1. The average Bonchev–Trinajstić information content (AvgIpc) is 2.97. The van der Waals surface area contributed by atoms with Crippen LogP contribution < -0.4 is 4.74 Å². The highest BCUT2D eigenvalue weighted by Gasteiger charge is 2.10. The fourth-order valence-electron chi connectivity index (χ4n) is 1.68. The van der Waals surface area contributed by atoms with Gasteiger partial charge in [-0.25, -0.2) is 4.79 Å². The van der Waals surface area contributed by atoms with E-state index in [1.807, 2.05) is 31.2 Å². The van der Waals surface area contributed by atoms with Crippen molar-refractivity contribution in [2.24, 2.45) is 0 Å². The molecule has 0 aliphatic rings. The van der Waals surface area contributed by atoms with E-state index in [-0.39, 0.29) is 10.7 Å². The van der Waals surface area contributed by atoms with Crippen molar-refractivity contribution in [3.63, 3.8) is 0 Å². The molecule has 0 aliphatic heterocycles. The summed E-state index contributed by atoms with van der Waals surface area (Å²) >= 11 is 0.973. The minimum Gasteiger partial charge on any atom is -0.494 e. The van der Waals surface area contributed by atoms with Crippen LogP contribution in [0.15, 0.2) is 42.5 Å². The number of carbonyl (C=O) groups excluding carboxylic acids is 1. The lowest BCUT2D eigenvalue weighted by Gasteiger charge is -2.02. The molecule has 0 bridgehead atoms. The smallest absolute Gasteiger partial charge is 0.345 e. The van der Waals surface area contributed by atoms with Crippen LogP contribution in [-0.2, 0) is 0 Å². The molecule has 0 aliphatic carbocycles. The molecule has 0 unspecified atom stereocenters. The number of benzene rings is 1. The third-order valence-corrected chi connectivity index (χ3v) is 3.77. The minimum absolute atomic E-state index is 0.160. The monoisotopic (exact) mass is 302 g/mol. The predicted molar refractivity (Wildman–Crippen MR) is 82.3 cm³/mol. The van der Waals surface area contributed by atoms with Gasteiger partial charge in [-0.3, -0.25) is 4.79 Å². The molecular weight excluding hydrogens is 288 g/mol. The van der Waals surface area contributed by atoms with E-state index in [2.05, 4.69) is 0 Å². The van der Waals surface area contributed by atoms with Gasteiger partial charge in [0, 0.05) is 0 Å². The number of thiophene rings is 1. The second kappa shape index (κ2) is 6.85. The van der Waals surface area contributed by atoms with Gasteiger partial charge in [0.2, 0.25) is 0 Å². The number of aromatic carboxylic acids is 1. The number of rotatable bonds is 6. The molecule has 21 heavy (non-hydrogen) atoms. The summed E-state index contributed by atoms with van der Waals surface area (Å²) in [5, 5.41) is 8.83. The molecule has 1 N–H and O–H groups in total. The van der Waals surface area contributed by atoms with Crippen LogP contribution in [0.25, 0.3) is 6.08 Å². The van der Waals surface area contributed by atoms with Gasteiger partial charge in [-0.1, -0.05) is 18.2 Å². The fraction of sp³-hybridized carbons (Fsp3) is 0.125. The average molecular weight is 302 g/mol. The summed E-state index contributed by atoms with van der Waals surface area (Å²) in [5.74, 6) is -0.443. The number of ether oxygens (including phenoxy) is 1. The summed E-state index contributed by atoms with van der Waals surface area (Å²) in [6.07, 6.45) is 3.13. The first-order chi connectivity index (χ1) is 10.1. The number of carboxylic acid groups (broad SMARTS) is 1. The van der Waals surface area contributed by atoms with Gasteiger partial charge in [-0.15, -0.1) is 11.3 Å². The molecule has 4 nitrogen and oxygen atoms in total.